The van der Waals surface area contributed by atoms with Crippen molar-refractivity contribution in [3.8, 4) is 11.5 Å². The van der Waals surface area contributed by atoms with E-state index in [1.165, 1.54) is 6.08 Å². The van der Waals surface area contributed by atoms with Gasteiger partial charge in [-0.2, -0.15) is 0 Å². The first-order valence-electron chi connectivity index (χ1n) is 9.45. The monoisotopic (exact) mass is 453 g/mol. The molecule has 0 N–H and O–H groups in total. The molecule has 162 valence electrons. The van der Waals surface area contributed by atoms with Crippen molar-refractivity contribution in [2.24, 2.45) is 0 Å². The number of ether oxygens (including phenoxy) is 3. The van der Waals surface area contributed by atoms with E-state index in [9.17, 15) is 14.4 Å². The number of esters is 1. The highest BCUT2D eigenvalue weighted by molar-refractivity contribution is 8.18. The number of amides is 2. The molecule has 30 heavy (non-hydrogen) atoms. The van der Waals surface area contributed by atoms with Crippen molar-refractivity contribution in [1.29, 1.82) is 0 Å². The number of hydrogen-bond acceptors (Lipinski definition) is 7. The van der Waals surface area contributed by atoms with Gasteiger partial charge in [-0.1, -0.05) is 31.2 Å². The van der Waals surface area contributed by atoms with Crippen LogP contribution in [0.3, 0.4) is 0 Å². The highest BCUT2D eigenvalue weighted by atomic mass is 35.5. The summed E-state index contributed by atoms with van der Waals surface area (Å²) < 4.78 is 16.3. The first-order valence-corrected chi connectivity index (χ1v) is 10.6. The molecule has 0 bridgehead atoms. The highest BCUT2D eigenvalue weighted by Gasteiger charge is 2.37. The lowest BCUT2D eigenvalue weighted by atomic mass is 10.1. The van der Waals surface area contributed by atoms with Gasteiger partial charge in [0.05, 0.1) is 22.6 Å². The number of halogens is 1. The molecule has 1 saturated heterocycles. The van der Waals surface area contributed by atoms with E-state index in [2.05, 4.69) is 6.58 Å². The zero-order valence-corrected chi connectivity index (χ0v) is 18.7. The minimum Gasteiger partial charge on any atom is -0.490 e. The molecule has 1 atom stereocenters. The van der Waals surface area contributed by atoms with E-state index in [-0.39, 0.29) is 17.6 Å². The Morgan fingerprint density at radius 1 is 1.30 bits per heavy atom. The number of carbonyl (C=O) groups excluding carboxylic acids is 3. The van der Waals surface area contributed by atoms with Crippen LogP contribution in [0.5, 0.6) is 11.5 Å². The summed E-state index contributed by atoms with van der Waals surface area (Å²) in [5, 5.41) is -0.236. The number of nitrogens with zero attached hydrogens (tertiary/aromatic N) is 1. The van der Waals surface area contributed by atoms with E-state index in [0.29, 0.717) is 35.1 Å². The number of rotatable bonds is 10. The number of benzene rings is 1. The third kappa shape index (κ3) is 6.03. The second-order valence-electron chi connectivity index (χ2n) is 6.34. The summed E-state index contributed by atoms with van der Waals surface area (Å²) in [6.07, 6.45) is 3.47. The van der Waals surface area contributed by atoms with Crippen LogP contribution in [0, 0.1) is 0 Å². The standard InChI is InChI=1S/C21H24ClNO6S/c1-5-8-28-19-15(22)9-14(10-16(19)27-7-3)11-17-20(25)23(21(26)30-17)12-18(24)29-13(4)6-2/h5,9-11,13H,1,6-8,12H2,2-4H3/b17-11+/t13-/m0/s1. The Bertz CT molecular complexity index is 869. The molecule has 7 nitrogen and oxygen atoms in total. The maximum atomic E-state index is 12.6. The average molecular weight is 454 g/mol. The zero-order chi connectivity index (χ0) is 22.3. The van der Waals surface area contributed by atoms with Crippen LogP contribution in [-0.4, -0.2) is 47.9 Å². The summed E-state index contributed by atoms with van der Waals surface area (Å²) in [7, 11) is 0. The maximum absolute atomic E-state index is 12.6. The smallest absolute Gasteiger partial charge is 0.326 e. The molecule has 1 heterocycles. The minimum atomic E-state index is -0.627. The summed E-state index contributed by atoms with van der Waals surface area (Å²) in [4.78, 5) is 37.8. The van der Waals surface area contributed by atoms with Crippen molar-refractivity contribution in [3.63, 3.8) is 0 Å². The normalized spacial score (nSPS) is 16.0. The lowest BCUT2D eigenvalue weighted by Crippen LogP contribution is -2.35. The van der Waals surface area contributed by atoms with Crippen molar-refractivity contribution in [3.05, 3.63) is 40.3 Å². The molecule has 1 aliphatic heterocycles. The SMILES string of the molecule is C=CCOc1c(Cl)cc(/C=C2/SC(=O)N(CC(=O)O[C@@H](C)CC)C2=O)cc1OCC. The molecular formula is C21H24ClNO6S. The first-order chi connectivity index (χ1) is 14.3. The lowest BCUT2D eigenvalue weighted by molar-refractivity contribution is -0.150. The number of thioether (sulfide) groups is 1. The van der Waals surface area contributed by atoms with Gasteiger partial charge in [0.2, 0.25) is 0 Å². The topological polar surface area (TPSA) is 82.1 Å². The van der Waals surface area contributed by atoms with Crippen molar-refractivity contribution < 1.29 is 28.6 Å². The van der Waals surface area contributed by atoms with Gasteiger partial charge in [-0.25, -0.2) is 0 Å². The van der Waals surface area contributed by atoms with Crippen LogP contribution in [0.25, 0.3) is 6.08 Å². The molecule has 0 aromatic heterocycles. The summed E-state index contributed by atoms with van der Waals surface area (Å²) in [6, 6.07) is 3.27. The van der Waals surface area contributed by atoms with E-state index in [0.717, 1.165) is 16.7 Å². The van der Waals surface area contributed by atoms with Gasteiger partial charge in [-0.15, -0.1) is 0 Å². The fourth-order valence-corrected chi connectivity index (χ4v) is 3.59. The summed E-state index contributed by atoms with van der Waals surface area (Å²) in [5.74, 6) is -0.406. The molecule has 0 spiro atoms. The van der Waals surface area contributed by atoms with Gasteiger partial charge in [0.25, 0.3) is 11.1 Å². The lowest BCUT2D eigenvalue weighted by Gasteiger charge is -2.15. The second-order valence-corrected chi connectivity index (χ2v) is 7.74. The fourth-order valence-electron chi connectivity index (χ4n) is 2.48. The predicted molar refractivity (Wildman–Crippen MR) is 117 cm³/mol. The maximum Gasteiger partial charge on any atom is 0.326 e. The van der Waals surface area contributed by atoms with E-state index in [4.69, 9.17) is 25.8 Å². The zero-order valence-electron chi connectivity index (χ0n) is 17.1. The van der Waals surface area contributed by atoms with Gasteiger partial charge in [0.15, 0.2) is 11.5 Å². The third-order valence-electron chi connectivity index (χ3n) is 4.04. The van der Waals surface area contributed by atoms with Gasteiger partial charge < -0.3 is 14.2 Å². The molecule has 1 fully saturated rings. The molecular weight excluding hydrogens is 430 g/mol. The van der Waals surface area contributed by atoms with Crippen LogP contribution < -0.4 is 9.47 Å². The van der Waals surface area contributed by atoms with E-state index in [1.54, 1.807) is 25.1 Å². The Balaban J connectivity index is 2.24. The quantitative estimate of drug-likeness (QED) is 0.289. The van der Waals surface area contributed by atoms with Gasteiger partial charge in [-0.3, -0.25) is 19.3 Å². The Kier molecular flexibility index (Phi) is 8.80. The summed E-state index contributed by atoms with van der Waals surface area (Å²) in [5.41, 5.74) is 0.557. The number of carbonyl (C=O) groups is 3. The Labute approximate surface area is 185 Å². The molecule has 1 aromatic carbocycles. The van der Waals surface area contributed by atoms with Crippen LogP contribution in [0.1, 0.15) is 32.8 Å². The average Bonchev–Trinajstić information content (AvgIpc) is 2.94. The molecule has 0 aliphatic carbocycles. The van der Waals surface area contributed by atoms with Crippen molar-refractivity contribution in [1.82, 2.24) is 4.90 Å². The summed E-state index contributed by atoms with van der Waals surface area (Å²) in [6.45, 7) is 9.26. The van der Waals surface area contributed by atoms with E-state index in [1.807, 2.05) is 13.8 Å². The van der Waals surface area contributed by atoms with Gasteiger partial charge in [-0.05, 0) is 55.8 Å². The van der Waals surface area contributed by atoms with E-state index >= 15 is 0 Å². The molecule has 1 aromatic rings. The minimum absolute atomic E-state index is 0.176. The van der Waals surface area contributed by atoms with Crippen LogP contribution in [0.4, 0.5) is 4.79 Å². The summed E-state index contributed by atoms with van der Waals surface area (Å²) >= 11 is 7.07. The van der Waals surface area contributed by atoms with Gasteiger partial charge >= 0.3 is 5.97 Å². The molecule has 0 unspecified atom stereocenters. The number of hydrogen-bond donors (Lipinski definition) is 0. The van der Waals surface area contributed by atoms with E-state index < -0.39 is 23.7 Å². The van der Waals surface area contributed by atoms with Crippen molar-refractivity contribution in [2.45, 2.75) is 33.3 Å². The second kappa shape index (κ2) is 11.1. The van der Waals surface area contributed by atoms with Crippen LogP contribution in [0.15, 0.2) is 29.7 Å². The molecule has 0 saturated carbocycles. The fraction of sp³-hybridized carbons (Fsp3) is 0.381. The van der Waals surface area contributed by atoms with Gasteiger partial charge in [0.1, 0.15) is 13.2 Å². The molecule has 2 rings (SSSR count). The molecule has 1 aliphatic rings. The predicted octanol–water partition coefficient (Wildman–Crippen LogP) is 4.68. The van der Waals surface area contributed by atoms with Crippen molar-refractivity contribution in [2.75, 3.05) is 19.8 Å². The Hall–Kier alpha value is -2.45. The molecule has 2 amide bonds. The van der Waals surface area contributed by atoms with Gasteiger partial charge in [0, 0.05) is 0 Å². The molecule has 0 radical (unpaired) electrons. The molecule has 9 heteroatoms. The first kappa shape index (κ1) is 23.8. The van der Waals surface area contributed by atoms with Crippen LogP contribution >= 0.6 is 23.4 Å². The Morgan fingerprint density at radius 3 is 2.67 bits per heavy atom. The number of imide groups is 1. The highest BCUT2D eigenvalue weighted by Crippen LogP contribution is 2.39. The van der Waals surface area contributed by atoms with Crippen LogP contribution in [-0.2, 0) is 14.3 Å². The van der Waals surface area contributed by atoms with Crippen LogP contribution in [0.2, 0.25) is 5.02 Å². The van der Waals surface area contributed by atoms with Crippen molar-refractivity contribution >= 4 is 46.6 Å². The Morgan fingerprint density at radius 2 is 2.03 bits per heavy atom. The third-order valence-corrected chi connectivity index (χ3v) is 5.23. The largest absolute Gasteiger partial charge is 0.490 e.